The highest BCUT2D eigenvalue weighted by Crippen LogP contribution is 2.13. The van der Waals surface area contributed by atoms with Crippen molar-refractivity contribution in [3.05, 3.63) is 64.1 Å². The summed E-state index contributed by atoms with van der Waals surface area (Å²) in [6.45, 7) is 0.525. The molecule has 0 spiro atoms. The van der Waals surface area contributed by atoms with E-state index in [1.807, 2.05) is 6.07 Å². The summed E-state index contributed by atoms with van der Waals surface area (Å²) < 4.78 is 6.06. The van der Waals surface area contributed by atoms with Crippen LogP contribution in [0, 0.1) is 0 Å². The van der Waals surface area contributed by atoms with Gasteiger partial charge in [-0.2, -0.15) is 5.10 Å². The molecule has 0 radical (unpaired) electrons. The number of methoxy groups -OCH3 is 1. The van der Waals surface area contributed by atoms with Gasteiger partial charge in [0.1, 0.15) is 11.7 Å². The Balaban J connectivity index is 2.24. The molecule has 0 saturated heterocycles. The molecule has 1 atom stereocenters. The van der Waals surface area contributed by atoms with Crippen LogP contribution in [0.2, 0.25) is 0 Å². The van der Waals surface area contributed by atoms with Crippen molar-refractivity contribution in [1.29, 1.82) is 0 Å². The fourth-order valence-corrected chi connectivity index (χ4v) is 2.20. The molecule has 8 heteroatoms. The largest absolute Gasteiger partial charge is 0.383 e. The minimum atomic E-state index is -0.861. The number of amides is 2. The molecule has 1 aromatic heterocycles. The molecular formula is C17H20N4O4. The summed E-state index contributed by atoms with van der Waals surface area (Å²) in [5.74, 6) is -0.907. The summed E-state index contributed by atoms with van der Waals surface area (Å²) in [4.78, 5) is 36.4. The Bertz CT molecular complexity index is 789. The molecule has 2 amide bonds. The van der Waals surface area contributed by atoms with Crippen molar-refractivity contribution >= 4 is 11.8 Å². The normalized spacial score (nSPS) is 11.6. The van der Waals surface area contributed by atoms with Crippen molar-refractivity contribution in [1.82, 2.24) is 20.4 Å². The van der Waals surface area contributed by atoms with Crippen molar-refractivity contribution in [2.45, 2.75) is 12.6 Å². The van der Waals surface area contributed by atoms with Crippen molar-refractivity contribution in [3.8, 4) is 0 Å². The predicted molar refractivity (Wildman–Crippen MR) is 91.1 cm³/mol. The first kappa shape index (κ1) is 18.3. The van der Waals surface area contributed by atoms with E-state index in [1.165, 1.54) is 26.3 Å². The topological polar surface area (TPSA) is 102 Å². The van der Waals surface area contributed by atoms with Gasteiger partial charge in [-0.1, -0.05) is 30.3 Å². The van der Waals surface area contributed by atoms with Gasteiger partial charge < -0.3 is 15.4 Å². The van der Waals surface area contributed by atoms with E-state index in [4.69, 9.17) is 4.74 Å². The first-order chi connectivity index (χ1) is 12.1. The number of aromatic nitrogens is 2. The lowest BCUT2D eigenvalue weighted by atomic mass is 10.1. The standard InChI is InChI=1S/C17H20N4O4/c1-18-17(24)15(12-6-4-3-5-7-12)19-16(23)13-8-9-14(22)21(20-13)10-11-25-2/h3-9,15H,10-11H2,1-2H3,(H,18,24)(H,19,23)/t15-/m1/s1. The van der Waals surface area contributed by atoms with Crippen LogP contribution in [0.15, 0.2) is 47.3 Å². The van der Waals surface area contributed by atoms with Gasteiger partial charge in [0.25, 0.3) is 11.5 Å². The van der Waals surface area contributed by atoms with Crippen LogP contribution in [0.1, 0.15) is 22.1 Å². The van der Waals surface area contributed by atoms with Crippen molar-refractivity contribution in [3.63, 3.8) is 0 Å². The van der Waals surface area contributed by atoms with E-state index in [-0.39, 0.29) is 23.7 Å². The Kier molecular flexibility index (Phi) is 6.41. The molecule has 0 fully saturated rings. The Labute approximate surface area is 144 Å². The molecule has 0 aliphatic rings. The third-order valence-electron chi connectivity index (χ3n) is 3.52. The summed E-state index contributed by atoms with van der Waals surface area (Å²) in [5.41, 5.74) is 0.350. The molecule has 8 nitrogen and oxygen atoms in total. The average molecular weight is 344 g/mol. The SMILES string of the molecule is CNC(=O)[C@H](NC(=O)c1ccc(=O)n(CCOC)n1)c1ccccc1. The summed E-state index contributed by atoms with van der Waals surface area (Å²) >= 11 is 0. The van der Waals surface area contributed by atoms with Crippen LogP contribution < -0.4 is 16.2 Å². The molecular weight excluding hydrogens is 324 g/mol. The first-order valence-electron chi connectivity index (χ1n) is 7.71. The van der Waals surface area contributed by atoms with E-state index in [9.17, 15) is 14.4 Å². The second kappa shape index (κ2) is 8.74. The molecule has 2 rings (SSSR count). The fourth-order valence-electron chi connectivity index (χ4n) is 2.20. The lowest BCUT2D eigenvalue weighted by Gasteiger charge is -2.17. The Hall–Kier alpha value is -3.00. The summed E-state index contributed by atoms with van der Waals surface area (Å²) in [5, 5.41) is 9.19. The van der Waals surface area contributed by atoms with Crippen molar-refractivity contribution < 1.29 is 14.3 Å². The zero-order valence-corrected chi connectivity index (χ0v) is 14.1. The smallest absolute Gasteiger partial charge is 0.272 e. The molecule has 0 aliphatic carbocycles. The molecule has 2 N–H and O–H groups in total. The molecule has 1 heterocycles. The van der Waals surface area contributed by atoms with Gasteiger partial charge in [0.15, 0.2) is 0 Å². The maximum absolute atomic E-state index is 12.5. The predicted octanol–water partition coefficient (Wildman–Crippen LogP) is 0.107. The second-order valence-electron chi connectivity index (χ2n) is 5.20. The number of carbonyl (C=O) groups is 2. The number of ether oxygens (including phenoxy) is 1. The number of hydrogen-bond acceptors (Lipinski definition) is 5. The molecule has 25 heavy (non-hydrogen) atoms. The van der Waals surface area contributed by atoms with E-state index in [1.54, 1.807) is 24.3 Å². The molecule has 0 saturated carbocycles. The number of carbonyl (C=O) groups excluding carboxylic acids is 2. The van der Waals surface area contributed by atoms with Gasteiger partial charge >= 0.3 is 0 Å². The fraction of sp³-hybridized carbons (Fsp3) is 0.294. The lowest BCUT2D eigenvalue weighted by Crippen LogP contribution is -2.40. The highest BCUT2D eigenvalue weighted by molar-refractivity contribution is 5.96. The number of nitrogens with zero attached hydrogens (tertiary/aromatic N) is 2. The number of benzene rings is 1. The van der Waals surface area contributed by atoms with Gasteiger partial charge in [-0.25, -0.2) is 4.68 Å². The third-order valence-corrected chi connectivity index (χ3v) is 3.52. The zero-order chi connectivity index (χ0) is 18.2. The van der Waals surface area contributed by atoms with Crippen LogP contribution in [0.3, 0.4) is 0 Å². The van der Waals surface area contributed by atoms with Crippen LogP contribution >= 0.6 is 0 Å². The van der Waals surface area contributed by atoms with E-state index >= 15 is 0 Å². The Morgan fingerprint density at radius 2 is 1.92 bits per heavy atom. The van der Waals surface area contributed by atoms with Gasteiger partial charge in [0.05, 0.1) is 13.2 Å². The van der Waals surface area contributed by atoms with Gasteiger partial charge in [0, 0.05) is 20.2 Å². The zero-order valence-electron chi connectivity index (χ0n) is 14.1. The minimum absolute atomic E-state index is 0.0422. The van der Waals surface area contributed by atoms with Crippen LogP contribution in [0.4, 0.5) is 0 Å². The van der Waals surface area contributed by atoms with E-state index in [0.717, 1.165) is 4.68 Å². The quantitative estimate of drug-likeness (QED) is 0.742. The monoisotopic (exact) mass is 344 g/mol. The highest BCUT2D eigenvalue weighted by Gasteiger charge is 2.23. The molecule has 2 aromatic rings. The number of rotatable bonds is 7. The third kappa shape index (κ3) is 4.74. The number of hydrogen-bond donors (Lipinski definition) is 2. The maximum Gasteiger partial charge on any atom is 0.272 e. The molecule has 0 bridgehead atoms. The second-order valence-corrected chi connectivity index (χ2v) is 5.20. The Morgan fingerprint density at radius 3 is 2.56 bits per heavy atom. The van der Waals surface area contributed by atoms with E-state index < -0.39 is 11.9 Å². The lowest BCUT2D eigenvalue weighted by molar-refractivity contribution is -0.122. The van der Waals surface area contributed by atoms with E-state index in [2.05, 4.69) is 15.7 Å². The van der Waals surface area contributed by atoms with Gasteiger partial charge in [-0.3, -0.25) is 14.4 Å². The van der Waals surface area contributed by atoms with E-state index in [0.29, 0.717) is 12.2 Å². The number of likely N-dealkylation sites (N-methyl/N-ethyl adjacent to an activating group) is 1. The average Bonchev–Trinajstić information content (AvgIpc) is 2.65. The minimum Gasteiger partial charge on any atom is -0.383 e. The van der Waals surface area contributed by atoms with Gasteiger partial charge in [-0.15, -0.1) is 0 Å². The highest BCUT2D eigenvalue weighted by atomic mass is 16.5. The molecule has 0 aliphatic heterocycles. The van der Waals surface area contributed by atoms with Crippen LogP contribution in [-0.4, -0.2) is 42.4 Å². The molecule has 1 aromatic carbocycles. The molecule has 0 unspecified atom stereocenters. The molecule has 132 valence electrons. The summed E-state index contributed by atoms with van der Waals surface area (Å²) in [6.07, 6.45) is 0. The van der Waals surface area contributed by atoms with Crippen LogP contribution in [-0.2, 0) is 16.1 Å². The first-order valence-corrected chi connectivity index (χ1v) is 7.71. The number of nitrogens with one attached hydrogen (secondary N) is 2. The van der Waals surface area contributed by atoms with Crippen molar-refractivity contribution in [2.75, 3.05) is 20.8 Å². The summed E-state index contributed by atoms with van der Waals surface area (Å²) in [6, 6.07) is 10.6. The Morgan fingerprint density at radius 1 is 1.20 bits per heavy atom. The van der Waals surface area contributed by atoms with Gasteiger partial charge in [0.2, 0.25) is 5.91 Å². The van der Waals surface area contributed by atoms with Crippen LogP contribution in [0.5, 0.6) is 0 Å². The van der Waals surface area contributed by atoms with Gasteiger partial charge in [-0.05, 0) is 11.6 Å². The maximum atomic E-state index is 12.5. The summed E-state index contributed by atoms with van der Waals surface area (Å²) in [7, 11) is 3.00. The van der Waals surface area contributed by atoms with Crippen LogP contribution in [0.25, 0.3) is 0 Å². The van der Waals surface area contributed by atoms with Crippen molar-refractivity contribution in [2.24, 2.45) is 0 Å².